The van der Waals surface area contributed by atoms with Gasteiger partial charge in [-0.25, -0.2) is 4.98 Å². The van der Waals surface area contributed by atoms with E-state index in [4.69, 9.17) is 0 Å². The second kappa shape index (κ2) is 6.70. The van der Waals surface area contributed by atoms with Crippen LogP contribution in [-0.2, 0) is 11.3 Å². The van der Waals surface area contributed by atoms with Crippen LogP contribution in [-0.4, -0.2) is 31.8 Å². The van der Waals surface area contributed by atoms with E-state index in [0.29, 0.717) is 18.8 Å². The Kier molecular flexibility index (Phi) is 4.92. The van der Waals surface area contributed by atoms with Gasteiger partial charge < -0.3 is 10.4 Å². The van der Waals surface area contributed by atoms with E-state index in [9.17, 15) is 9.90 Å². The Labute approximate surface area is 130 Å². The molecule has 1 amide bonds. The van der Waals surface area contributed by atoms with Gasteiger partial charge in [0, 0.05) is 12.1 Å². The van der Waals surface area contributed by atoms with Crippen molar-refractivity contribution >= 4 is 5.91 Å². The van der Waals surface area contributed by atoms with Crippen molar-refractivity contribution in [3.8, 4) is 11.4 Å². The molecule has 0 fully saturated rings. The lowest BCUT2D eigenvalue weighted by Gasteiger charge is -2.21. The first kappa shape index (κ1) is 16.2. The van der Waals surface area contributed by atoms with Crippen LogP contribution in [0, 0.1) is 6.92 Å². The van der Waals surface area contributed by atoms with Gasteiger partial charge in [0.15, 0.2) is 5.82 Å². The number of aryl methyl sites for hydroxylation is 1. The molecule has 2 aromatic rings. The fourth-order valence-electron chi connectivity index (χ4n) is 2.27. The summed E-state index contributed by atoms with van der Waals surface area (Å²) < 4.78 is 0. The number of nitrogens with one attached hydrogen (secondary N) is 2. The summed E-state index contributed by atoms with van der Waals surface area (Å²) in [7, 11) is 0. The van der Waals surface area contributed by atoms with Gasteiger partial charge in [-0.2, -0.15) is 5.10 Å². The second-order valence-electron chi connectivity index (χ2n) is 5.65. The van der Waals surface area contributed by atoms with Crippen LogP contribution in [0.15, 0.2) is 24.3 Å². The van der Waals surface area contributed by atoms with Gasteiger partial charge in [0.25, 0.3) is 5.91 Å². The van der Waals surface area contributed by atoms with Crippen molar-refractivity contribution in [2.75, 3.05) is 0 Å². The average Bonchev–Trinajstić information content (AvgIpc) is 2.91. The van der Waals surface area contributed by atoms with Crippen LogP contribution in [0.4, 0.5) is 0 Å². The lowest BCUT2D eigenvalue weighted by Crippen LogP contribution is -2.44. The zero-order chi connectivity index (χ0) is 16.2. The summed E-state index contributed by atoms with van der Waals surface area (Å²) in [6.07, 6.45) is 1.19. The highest BCUT2D eigenvalue weighted by atomic mass is 16.3. The molecule has 1 heterocycles. The van der Waals surface area contributed by atoms with Gasteiger partial charge >= 0.3 is 0 Å². The van der Waals surface area contributed by atoms with Gasteiger partial charge in [-0.1, -0.05) is 31.5 Å². The lowest BCUT2D eigenvalue weighted by atomic mass is 9.99. The Morgan fingerprint density at radius 2 is 2.23 bits per heavy atom. The average molecular weight is 302 g/mol. The summed E-state index contributed by atoms with van der Waals surface area (Å²) in [4.78, 5) is 16.3. The number of amides is 1. The summed E-state index contributed by atoms with van der Waals surface area (Å²) in [6, 6.07) is 7.66. The van der Waals surface area contributed by atoms with Crippen molar-refractivity contribution in [1.29, 1.82) is 0 Å². The number of aliphatic hydroxyl groups is 1. The molecule has 0 spiro atoms. The van der Waals surface area contributed by atoms with Crippen LogP contribution in [0.3, 0.4) is 0 Å². The number of H-pyrrole nitrogens is 1. The van der Waals surface area contributed by atoms with Crippen LogP contribution in [0.2, 0.25) is 0 Å². The van der Waals surface area contributed by atoms with Crippen LogP contribution >= 0.6 is 0 Å². The highest BCUT2D eigenvalue weighted by Gasteiger charge is 2.28. The van der Waals surface area contributed by atoms with Crippen molar-refractivity contribution < 1.29 is 9.90 Å². The number of aromatic nitrogens is 3. The first-order valence-electron chi connectivity index (χ1n) is 7.41. The van der Waals surface area contributed by atoms with Crippen molar-refractivity contribution in [2.45, 2.75) is 45.8 Å². The standard InChI is InChI=1S/C16H22N4O2/c1-4-8-16(3,22)15(21)17-10-12-6-5-7-13(9-12)14-18-11(2)19-20-14/h5-7,9,22H,4,8,10H2,1-3H3,(H,17,21)(H,18,19,20). The number of benzene rings is 1. The van der Waals surface area contributed by atoms with Gasteiger partial charge in [0.05, 0.1) is 0 Å². The van der Waals surface area contributed by atoms with E-state index in [1.54, 1.807) is 6.92 Å². The molecule has 0 aliphatic heterocycles. The maximum absolute atomic E-state index is 12.0. The minimum Gasteiger partial charge on any atom is -0.380 e. The van der Waals surface area contributed by atoms with Crippen LogP contribution < -0.4 is 5.32 Å². The zero-order valence-corrected chi connectivity index (χ0v) is 13.2. The maximum atomic E-state index is 12.0. The second-order valence-corrected chi connectivity index (χ2v) is 5.65. The van der Waals surface area contributed by atoms with Crippen LogP contribution in [0.1, 0.15) is 38.1 Å². The lowest BCUT2D eigenvalue weighted by molar-refractivity contribution is -0.138. The fourth-order valence-corrected chi connectivity index (χ4v) is 2.27. The number of aromatic amines is 1. The first-order chi connectivity index (χ1) is 10.4. The van der Waals surface area contributed by atoms with Gasteiger partial charge in [-0.05, 0) is 31.9 Å². The van der Waals surface area contributed by atoms with E-state index in [1.165, 1.54) is 0 Å². The molecule has 0 aliphatic carbocycles. The Hall–Kier alpha value is -2.21. The van der Waals surface area contributed by atoms with E-state index in [2.05, 4.69) is 20.5 Å². The van der Waals surface area contributed by atoms with Crippen molar-refractivity contribution in [2.24, 2.45) is 0 Å². The molecule has 6 heteroatoms. The Balaban J connectivity index is 2.04. The van der Waals surface area contributed by atoms with Gasteiger partial charge in [-0.3, -0.25) is 9.89 Å². The molecule has 6 nitrogen and oxygen atoms in total. The zero-order valence-electron chi connectivity index (χ0n) is 13.2. The van der Waals surface area contributed by atoms with Crippen molar-refractivity contribution in [3.05, 3.63) is 35.7 Å². The number of hydrogen-bond acceptors (Lipinski definition) is 4. The molecule has 0 aliphatic rings. The highest BCUT2D eigenvalue weighted by Crippen LogP contribution is 2.17. The molecule has 1 aromatic carbocycles. The molecule has 118 valence electrons. The number of rotatable bonds is 6. The summed E-state index contributed by atoms with van der Waals surface area (Å²) in [5.41, 5.74) is 0.491. The number of nitrogens with zero attached hydrogens (tertiary/aromatic N) is 2. The van der Waals surface area contributed by atoms with E-state index in [1.807, 2.05) is 38.1 Å². The predicted molar refractivity (Wildman–Crippen MR) is 83.9 cm³/mol. The quantitative estimate of drug-likeness (QED) is 0.760. The minimum atomic E-state index is -1.33. The minimum absolute atomic E-state index is 0.353. The SMILES string of the molecule is CCCC(C)(O)C(=O)NCc1cccc(-c2n[nH]c(C)n2)c1. The summed E-state index contributed by atoms with van der Waals surface area (Å²) in [5.74, 6) is 1.03. The van der Waals surface area contributed by atoms with Crippen molar-refractivity contribution in [3.63, 3.8) is 0 Å². The number of hydrogen-bond donors (Lipinski definition) is 3. The molecule has 1 unspecified atom stereocenters. The third-order valence-corrected chi connectivity index (χ3v) is 3.46. The molecule has 1 aromatic heterocycles. The smallest absolute Gasteiger partial charge is 0.251 e. The fraction of sp³-hybridized carbons (Fsp3) is 0.438. The van der Waals surface area contributed by atoms with Crippen LogP contribution in [0.5, 0.6) is 0 Å². The van der Waals surface area contributed by atoms with E-state index >= 15 is 0 Å². The topological polar surface area (TPSA) is 90.9 Å². The molecule has 22 heavy (non-hydrogen) atoms. The Morgan fingerprint density at radius 1 is 1.45 bits per heavy atom. The maximum Gasteiger partial charge on any atom is 0.251 e. The van der Waals surface area contributed by atoms with E-state index in [-0.39, 0.29) is 5.91 Å². The molecule has 3 N–H and O–H groups in total. The Morgan fingerprint density at radius 3 is 2.86 bits per heavy atom. The third kappa shape index (κ3) is 3.92. The monoisotopic (exact) mass is 302 g/mol. The number of carbonyl (C=O) groups excluding carboxylic acids is 1. The Bertz CT molecular complexity index is 649. The molecule has 2 rings (SSSR count). The molecule has 1 atom stereocenters. The summed E-state index contributed by atoms with van der Waals surface area (Å²) >= 11 is 0. The molecular formula is C16H22N4O2. The summed E-state index contributed by atoms with van der Waals surface area (Å²) in [6.45, 7) is 5.68. The largest absolute Gasteiger partial charge is 0.380 e. The highest BCUT2D eigenvalue weighted by molar-refractivity contribution is 5.84. The van der Waals surface area contributed by atoms with E-state index < -0.39 is 5.60 Å². The molecule has 0 saturated carbocycles. The number of carbonyl (C=O) groups is 1. The molecular weight excluding hydrogens is 280 g/mol. The van der Waals surface area contributed by atoms with E-state index in [0.717, 1.165) is 23.4 Å². The molecule has 0 bridgehead atoms. The third-order valence-electron chi connectivity index (χ3n) is 3.46. The molecule has 0 radical (unpaired) electrons. The first-order valence-corrected chi connectivity index (χ1v) is 7.41. The summed E-state index contributed by atoms with van der Waals surface area (Å²) in [5, 5.41) is 19.8. The predicted octanol–water partition coefficient (Wildman–Crippen LogP) is 1.95. The molecule has 0 saturated heterocycles. The van der Waals surface area contributed by atoms with Gasteiger partial charge in [0.1, 0.15) is 11.4 Å². The van der Waals surface area contributed by atoms with Crippen molar-refractivity contribution in [1.82, 2.24) is 20.5 Å². The van der Waals surface area contributed by atoms with Gasteiger partial charge in [0.2, 0.25) is 0 Å². The van der Waals surface area contributed by atoms with Crippen LogP contribution in [0.25, 0.3) is 11.4 Å². The van der Waals surface area contributed by atoms with Gasteiger partial charge in [-0.15, -0.1) is 0 Å². The normalized spacial score (nSPS) is 13.6.